The lowest BCUT2D eigenvalue weighted by molar-refractivity contribution is -0.661. The number of aryl methyl sites for hydroxylation is 10. The Morgan fingerprint density at radius 3 is 0.943 bits per heavy atom. The maximum absolute atomic E-state index is 8.27. The average Bonchev–Trinajstić information content (AvgIpc) is 1.63. The van der Waals surface area contributed by atoms with Gasteiger partial charge >= 0.3 is 0 Å². The van der Waals surface area contributed by atoms with Gasteiger partial charge < -0.3 is 17.7 Å². The maximum Gasteiger partial charge on any atom is 0.227 e. The van der Waals surface area contributed by atoms with Gasteiger partial charge in [-0.2, -0.15) is 0 Å². The molecule has 12 nitrogen and oxygen atoms in total. The zero-order valence-electron chi connectivity index (χ0n) is 70.6. The van der Waals surface area contributed by atoms with Gasteiger partial charge in [0.2, 0.25) is 45.6 Å². The van der Waals surface area contributed by atoms with E-state index in [4.69, 9.17) is 24.5 Å². The second kappa shape index (κ2) is 30.0. The first-order valence-corrected chi connectivity index (χ1v) is 37.3. The first-order chi connectivity index (χ1) is 52.5. The Labute approximate surface area is 631 Å². The van der Waals surface area contributed by atoms with Gasteiger partial charge in [0, 0.05) is 119 Å². The van der Waals surface area contributed by atoms with Gasteiger partial charge in [0.1, 0.15) is 28.2 Å². The van der Waals surface area contributed by atoms with Gasteiger partial charge in [-0.1, -0.05) is 138 Å². The summed E-state index contributed by atoms with van der Waals surface area (Å²) in [6, 6.07) is 50.5. The lowest BCUT2D eigenvalue weighted by Gasteiger charge is -2.08. The third kappa shape index (κ3) is 14.3. The highest BCUT2D eigenvalue weighted by atomic mass is 16.4. The molecule has 1 unspecified atom stereocenters. The number of aromatic nitrogens is 8. The number of rotatable bonds is 12. The van der Waals surface area contributed by atoms with Crippen LogP contribution in [0.1, 0.15) is 194 Å². The second-order valence-electron chi connectivity index (χ2n) is 30.4. The summed E-state index contributed by atoms with van der Waals surface area (Å²) in [5.41, 5.74) is 28.1. The highest BCUT2D eigenvalue weighted by molar-refractivity contribution is 6.12. The van der Waals surface area contributed by atoms with Crippen LogP contribution in [0.25, 0.3) is 133 Å². The molecule has 12 aromatic heterocycles. The van der Waals surface area contributed by atoms with Gasteiger partial charge in [-0.3, -0.25) is 0 Å². The van der Waals surface area contributed by atoms with Crippen molar-refractivity contribution in [3.05, 3.63) is 238 Å². The molecule has 12 heteroatoms. The van der Waals surface area contributed by atoms with Crippen LogP contribution in [0.2, 0.25) is 0 Å². The van der Waals surface area contributed by atoms with Crippen LogP contribution >= 0.6 is 0 Å². The minimum absolute atomic E-state index is 0.0218. The van der Waals surface area contributed by atoms with Crippen LogP contribution in [-0.2, 0) is 41.0 Å². The molecular weight excluding hydrogens is 1310 g/mol. The fourth-order valence-corrected chi connectivity index (χ4v) is 14.5. The van der Waals surface area contributed by atoms with Crippen LogP contribution in [0, 0.1) is 40.5 Å². The Balaban J connectivity index is 0.000000130. The standard InChI is InChI=1S/C25H29N2O.C24H27N2O.C23H25N2O.C22H23N2O/c1-15(2)13-19-9-11-21-20-10-7-17(5)23(24(20)28-25(21)26-19)22-12-8-18(16(3)4)14-27(22)6;1-14(2)17-8-12-21(26(6)13-17)22-16(5)7-9-18-19-10-11-20(15(3)4)25-24(19)27-23(18)22;1-6-17-9-11-19-18-10-7-15(4)21(22(18)26-23(19)24-17)20-12-8-16(14(2)3)13-25(20)5;1-13(2)16-8-11-19(24(5)12-16)20-14(3)6-9-17-18-10-7-15(4)23-22(18)25-21(17)20/h7-12,14-16H,13H2,1-6H3;7-15H,1-6H3;7-14H,6H2,1-5H3;6-13H,1-5H3/q4*+1/i1D3,15D;15D;;. The van der Waals surface area contributed by atoms with Gasteiger partial charge in [0.05, 0.1) is 22.3 Å². The molecule has 106 heavy (non-hydrogen) atoms. The maximum atomic E-state index is 8.27. The Kier molecular flexibility index (Phi) is 19.0. The van der Waals surface area contributed by atoms with E-state index in [-0.39, 0.29) is 6.42 Å². The van der Waals surface area contributed by atoms with Crippen LogP contribution in [0.4, 0.5) is 0 Å². The molecule has 0 saturated heterocycles. The molecule has 16 rings (SSSR count). The predicted octanol–water partition coefficient (Wildman–Crippen LogP) is 22.8. The van der Waals surface area contributed by atoms with Gasteiger partial charge in [-0.05, 0) is 178 Å². The molecule has 0 bridgehead atoms. The number of pyridine rings is 8. The first-order valence-electron chi connectivity index (χ1n) is 39.8. The van der Waals surface area contributed by atoms with E-state index >= 15 is 0 Å². The normalized spacial score (nSPS) is 13.3. The van der Waals surface area contributed by atoms with Gasteiger partial charge in [0.25, 0.3) is 0 Å². The second-order valence-corrected chi connectivity index (χ2v) is 30.4. The molecule has 1 atom stereocenters. The molecule has 16 aromatic rings. The molecule has 0 aliphatic carbocycles. The van der Waals surface area contributed by atoms with Crippen molar-refractivity contribution in [3.63, 3.8) is 0 Å². The van der Waals surface area contributed by atoms with Crippen molar-refractivity contribution in [2.75, 3.05) is 0 Å². The lowest BCUT2D eigenvalue weighted by Crippen LogP contribution is -2.31. The number of hydrogen-bond acceptors (Lipinski definition) is 8. The van der Waals surface area contributed by atoms with Crippen molar-refractivity contribution in [2.24, 2.45) is 34.1 Å². The van der Waals surface area contributed by atoms with Gasteiger partial charge in [0.15, 0.2) is 47.1 Å². The molecule has 540 valence electrons. The summed E-state index contributed by atoms with van der Waals surface area (Å²) in [7, 11) is 8.34. The molecular formula is C94H104N8O4+4. The minimum atomic E-state index is -2.39. The van der Waals surface area contributed by atoms with Gasteiger partial charge in [-0.15, -0.1) is 0 Å². The fourth-order valence-electron chi connectivity index (χ4n) is 14.5. The molecule has 4 aromatic carbocycles. The zero-order chi connectivity index (χ0) is 79.8. The number of benzene rings is 4. The molecule has 0 radical (unpaired) electrons. The molecule has 0 spiro atoms. The molecule has 0 fully saturated rings. The number of nitrogens with zero attached hydrogens (tertiary/aromatic N) is 8. The SMILES string of the molecule is CCc1ccc2c(n1)oc1c(-c3ccc(C(C)C)c[n+]3C)c(C)ccc12.Cc1ccc2c(n1)oc1c(-c3ccc(C(C)C)c[n+]3C)c(C)ccc12.[2H]C(C)(C)c1ccc2c(n1)oc1c(-c3ccc(C(C)C)c[n+]3C)c(C)ccc12.[2H]C([2H])([2H])C([2H])(C)Cc1ccc2c(n1)oc1c(-c3ccc(C(C)C)c[n+]3C)c(C)ccc12. The summed E-state index contributed by atoms with van der Waals surface area (Å²) >= 11 is 0. The van der Waals surface area contributed by atoms with Crippen molar-refractivity contribution in [1.29, 1.82) is 0 Å². The van der Waals surface area contributed by atoms with Crippen molar-refractivity contribution in [1.82, 2.24) is 19.9 Å². The molecule has 0 saturated carbocycles. The molecule has 0 aliphatic heterocycles. The Morgan fingerprint density at radius 2 is 0.632 bits per heavy atom. The van der Waals surface area contributed by atoms with E-state index in [1.165, 1.54) is 45.9 Å². The van der Waals surface area contributed by atoms with E-state index in [1.54, 1.807) is 6.07 Å². The predicted molar refractivity (Wildman–Crippen MR) is 435 cm³/mol. The van der Waals surface area contributed by atoms with E-state index in [1.807, 2.05) is 58.2 Å². The lowest BCUT2D eigenvalue weighted by atomic mass is 9.99. The summed E-state index contributed by atoms with van der Waals surface area (Å²) in [5, 5.41) is 8.31. The summed E-state index contributed by atoms with van der Waals surface area (Å²) in [5.74, 6) is -0.429. The van der Waals surface area contributed by atoms with Crippen LogP contribution in [0.15, 0.2) is 188 Å². The van der Waals surface area contributed by atoms with Crippen LogP contribution < -0.4 is 18.3 Å². The quantitative estimate of drug-likeness (QED) is 0.111. The van der Waals surface area contributed by atoms with Crippen LogP contribution in [-0.4, -0.2) is 19.9 Å². The van der Waals surface area contributed by atoms with Crippen molar-refractivity contribution in [2.45, 2.75) is 167 Å². The summed E-state index contributed by atoms with van der Waals surface area (Å²) in [4.78, 5) is 18.5. The Hall–Kier alpha value is -10.7. The zero-order valence-corrected chi connectivity index (χ0v) is 65.6. The molecule has 0 amide bonds. The van der Waals surface area contributed by atoms with Gasteiger partial charge in [-0.25, -0.2) is 38.2 Å². The molecule has 0 aliphatic rings. The summed E-state index contributed by atoms with van der Waals surface area (Å²) < 4.78 is 73.1. The first kappa shape index (κ1) is 67.2. The largest absolute Gasteiger partial charge is 0.437 e. The summed E-state index contributed by atoms with van der Waals surface area (Å²) in [6.07, 6.45) is 9.71. The number of furan rings is 4. The molecule has 0 N–H and O–H groups in total. The Bertz CT molecular complexity index is 6260. The molecule has 12 heterocycles. The number of hydrogen-bond donors (Lipinski definition) is 0. The van der Waals surface area contributed by atoms with Crippen molar-refractivity contribution < 1.29 is 42.8 Å². The van der Waals surface area contributed by atoms with Crippen LogP contribution in [0.5, 0.6) is 0 Å². The third-order valence-electron chi connectivity index (χ3n) is 20.8. The fraction of sp³-hybridized carbons (Fsp3) is 0.319. The van der Waals surface area contributed by atoms with E-state index in [2.05, 4.69) is 283 Å². The van der Waals surface area contributed by atoms with Crippen molar-refractivity contribution >= 4 is 88.3 Å². The van der Waals surface area contributed by atoms with Crippen LogP contribution in [0.3, 0.4) is 0 Å². The van der Waals surface area contributed by atoms with E-state index < -0.39 is 18.6 Å². The highest BCUT2D eigenvalue weighted by Crippen LogP contribution is 2.42. The average molecular weight is 1410 g/mol. The third-order valence-corrected chi connectivity index (χ3v) is 20.8. The number of fused-ring (bicyclic) bond motifs is 12. The smallest absolute Gasteiger partial charge is 0.227 e. The van der Waals surface area contributed by atoms with E-state index in [0.717, 1.165) is 140 Å². The summed E-state index contributed by atoms with van der Waals surface area (Å²) in [6.45, 7) is 32.9. The monoisotopic (exact) mass is 1410 g/mol. The van der Waals surface area contributed by atoms with E-state index in [9.17, 15) is 0 Å². The minimum Gasteiger partial charge on any atom is -0.437 e. The topological polar surface area (TPSA) is 120 Å². The van der Waals surface area contributed by atoms with E-state index in [0.29, 0.717) is 52.2 Å². The Morgan fingerprint density at radius 1 is 0.340 bits per heavy atom. The highest BCUT2D eigenvalue weighted by Gasteiger charge is 2.27. The van der Waals surface area contributed by atoms with Crippen molar-refractivity contribution in [3.8, 4) is 45.0 Å².